The summed E-state index contributed by atoms with van der Waals surface area (Å²) in [5, 5.41) is 0. The molecular weight excluding hydrogens is 377 g/mol. The van der Waals surface area contributed by atoms with Crippen LogP contribution in [0, 0.1) is 5.92 Å². The minimum absolute atomic E-state index is 0. The van der Waals surface area contributed by atoms with E-state index in [1.807, 2.05) is 16.2 Å². The summed E-state index contributed by atoms with van der Waals surface area (Å²) in [6, 6.07) is 4.74. The Bertz CT molecular complexity index is 532. The molecule has 2 aliphatic rings. The van der Waals surface area contributed by atoms with Gasteiger partial charge in [-0.25, -0.2) is 0 Å². The average molecular weight is 408 g/mol. The quantitative estimate of drug-likeness (QED) is 0.813. The summed E-state index contributed by atoms with van der Waals surface area (Å²) in [4.78, 5) is 19.9. The zero-order chi connectivity index (χ0) is 16.2. The fourth-order valence-corrected chi connectivity index (χ4v) is 4.75. The number of nitrogens with two attached hydrogens (primary N) is 1. The fraction of sp³-hybridized carbons (Fsp3) is 0.722. The third-order valence-electron chi connectivity index (χ3n) is 5.32. The number of nitrogens with zero attached hydrogens (tertiary/aromatic N) is 2. The highest BCUT2D eigenvalue weighted by Crippen LogP contribution is 2.27. The number of carbonyl (C=O) groups excluding carboxylic acids is 1. The lowest BCUT2D eigenvalue weighted by Crippen LogP contribution is -2.48. The van der Waals surface area contributed by atoms with Crippen LogP contribution in [-0.2, 0) is 17.8 Å². The summed E-state index contributed by atoms with van der Waals surface area (Å²) in [5.74, 6) is 0.732. The first kappa shape index (κ1) is 22.7. The molecule has 0 aromatic carbocycles. The normalized spacial score (nSPS) is 23.8. The van der Waals surface area contributed by atoms with E-state index in [0.29, 0.717) is 18.2 Å². The first-order valence-corrected chi connectivity index (χ1v) is 9.80. The summed E-state index contributed by atoms with van der Waals surface area (Å²) in [7, 11) is 0. The molecular formula is C18H31Cl2N3OS. The van der Waals surface area contributed by atoms with Crippen molar-refractivity contribution in [2.24, 2.45) is 11.7 Å². The second kappa shape index (κ2) is 10.7. The fourth-order valence-electron chi connectivity index (χ4n) is 3.75. The van der Waals surface area contributed by atoms with E-state index in [-0.39, 0.29) is 30.9 Å². The molecule has 2 fully saturated rings. The van der Waals surface area contributed by atoms with Crippen molar-refractivity contribution in [1.29, 1.82) is 0 Å². The smallest absolute Gasteiger partial charge is 0.222 e. The van der Waals surface area contributed by atoms with E-state index in [9.17, 15) is 4.79 Å². The lowest BCUT2D eigenvalue weighted by atomic mass is 9.99. The molecule has 0 spiro atoms. The van der Waals surface area contributed by atoms with Gasteiger partial charge >= 0.3 is 0 Å². The van der Waals surface area contributed by atoms with Crippen LogP contribution in [-0.4, -0.2) is 47.9 Å². The van der Waals surface area contributed by atoms with Gasteiger partial charge in [-0.1, -0.05) is 13.3 Å². The molecule has 0 radical (unpaired) electrons. The van der Waals surface area contributed by atoms with Crippen molar-refractivity contribution in [1.82, 2.24) is 9.80 Å². The van der Waals surface area contributed by atoms with Crippen LogP contribution < -0.4 is 5.73 Å². The molecule has 1 amide bonds. The van der Waals surface area contributed by atoms with Crippen LogP contribution >= 0.6 is 36.2 Å². The molecule has 1 aromatic rings. The summed E-state index contributed by atoms with van der Waals surface area (Å²) in [6.07, 6.45) is 5.19. The Kier molecular flexibility index (Phi) is 9.75. The number of piperazine rings is 1. The van der Waals surface area contributed by atoms with Gasteiger partial charge in [-0.05, 0) is 37.3 Å². The summed E-state index contributed by atoms with van der Waals surface area (Å²) < 4.78 is 0. The summed E-state index contributed by atoms with van der Waals surface area (Å²) >= 11 is 1.92. The van der Waals surface area contributed by atoms with Crippen molar-refractivity contribution < 1.29 is 4.79 Å². The van der Waals surface area contributed by atoms with Crippen LogP contribution in [0.4, 0.5) is 0 Å². The number of halogens is 2. The maximum Gasteiger partial charge on any atom is 0.222 e. The van der Waals surface area contributed by atoms with Crippen molar-refractivity contribution >= 4 is 42.1 Å². The highest BCUT2D eigenvalue weighted by molar-refractivity contribution is 7.11. The molecule has 4 nitrogen and oxygen atoms in total. The van der Waals surface area contributed by atoms with Gasteiger partial charge in [0.15, 0.2) is 0 Å². The maximum atomic E-state index is 12.5. The van der Waals surface area contributed by atoms with Crippen LogP contribution in [0.5, 0.6) is 0 Å². The van der Waals surface area contributed by atoms with Gasteiger partial charge in [-0.3, -0.25) is 9.69 Å². The summed E-state index contributed by atoms with van der Waals surface area (Å²) in [6.45, 7) is 6.94. The second-order valence-corrected chi connectivity index (χ2v) is 8.19. The predicted molar refractivity (Wildman–Crippen MR) is 110 cm³/mol. The number of hydrogen-bond donors (Lipinski definition) is 1. The predicted octanol–water partition coefficient (Wildman–Crippen LogP) is 3.32. The number of hydrogen-bond acceptors (Lipinski definition) is 4. The van der Waals surface area contributed by atoms with E-state index in [1.54, 1.807) is 0 Å². The molecule has 3 rings (SSSR count). The Morgan fingerprint density at radius 1 is 1.16 bits per heavy atom. The number of rotatable bonds is 5. The van der Waals surface area contributed by atoms with Crippen molar-refractivity contribution in [3.8, 4) is 0 Å². The van der Waals surface area contributed by atoms with Crippen molar-refractivity contribution in [2.75, 3.05) is 26.2 Å². The van der Waals surface area contributed by atoms with Gasteiger partial charge in [0.05, 0.1) is 0 Å². The van der Waals surface area contributed by atoms with E-state index in [2.05, 4.69) is 24.0 Å². The molecule has 1 aliphatic heterocycles. The van der Waals surface area contributed by atoms with Crippen LogP contribution in [0.1, 0.15) is 42.4 Å². The van der Waals surface area contributed by atoms with Crippen molar-refractivity contribution in [3.05, 3.63) is 21.9 Å². The SMILES string of the molecule is CCc1ccc(CN2CCN(C(=O)C[C@@H]3CCC[C@H]3N)CC2)s1.Cl.Cl. The van der Waals surface area contributed by atoms with Gasteiger partial charge in [0.25, 0.3) is 0 Å². The molecule has 0 unspecified atom stereocenters. The molecule has 1 saturated heterocycles. The third-order valence-corrected chi connectivity index (χ3v) is 6.54. The first-order valence-electron chi connectivity index (χ1n) is 8.99. The molecule has 2 N–H and O–H groups in total. The standard InChI is InChI=1S/C18H29N3OS.2ClH/c1-2-15-6-7-16(23-15)13-20-8-10-21(11-9-20)18(22)12-14-4-3-5-17(14)19;;/h6-7,14,17H,2-5,8-13,19H2,1H3;2*1H/t14-,17+;;/m0../s1. The van der Waals surface area contributed by atoms with Crippen molar-refractivity contribution in [2.45, 2.75) is 51.6 Å². The van der Waals surface area contributed by atoms with Crippen LogP contribution in [0.2, 0.25) is 0 Å². The number of aryl methyl sites for hydroxylation is 1. The molecule has 1 aliphatic carbocycles. The van der Waals surface area contributed by atoms with E-state index in [0.717, 1.165) is 52.0 Å². The Labute approximate surface area is 167 Å². The van der Waals surface area contributed by atoms with Crippen LogP contribution in [0.25, 0.3) is 0 Å². The lowest BCUT2D eigenvalue weighted by molar-refractivity contribution is -0.134. The summed E-state index contributed by atoms with van der Waals surface area (Å²) in [5.41, 5.74) is 6.10. The molecule has 2 atom stereocenters. The minimum atomic E-state index is 0. The van der Waals surface area contributed by atoms with Gasteiger partial charge in [0.1, 0.15) is 0 Å². The Morgan fingerprint density at radius 2 is 1.84 bits per heavy atom. The van der Waals surface area contributed by atoms with E-state index in [4.69, 9.17) is 5.73 Å². The van der Waals surface area contributed by atoms with E-state index < -0.39 is 0 Å². The lowest BCUT2D eigenvalue weighted by Gasteiger charge is -2.35. The highest BCUT2D eigenvalue weighted by atomic mass is 35.5. The maximum absolute atomic E-state index is 12.5. The van der Waals surface area contributed by atoms with Crippen LogP contribution in [0.15, 0.2) is 12.1 Å². The Balaban J connectivity index is 0.00000156. The number of carbonyl (C=O) groups is 1. The van der Waals surface area contributed by atoms with Crippen LogP contribution in [0.3, 0.4) is 0 Å². The van der Waals surface area contributed by atoms with Gasteiger partial charge in [-0.2, -0.15) is 0 Å². The average Bonchev–Trinajstić information content (AvgIpc) is 3.17. The molecule has 1 saturated carbocycles. The molecule has 1 aromatic heterocycles. The largest absolute Gasteiger partial charge is 0.340 e. The van der Waals surface area contributed by atoms with Gasteiger partial charge in [0.2, 0.25) is 5.91 Å². The molecule has 144 valence electrons. The zero-order valence-corrected chi connectivity index (χ0v) is 17.4. The monoisotopic (exact) mass is 407 g/mol. The topological polar surface area (TPSA) is 49.6 Å². The third kappa shape index (κ3) is 6.10. The van der Waals surface area contributed by atoms with Gasteiger partial charge in [0, 0.05) is 54.9 Å². The van der Waals surface area contributed by atoms with E-state index in [1.165, 1.54) is 16.2 Å². The Hall–Kier alpha value is -0.330. The molecule has 25 heavy (non-hydrogen) atoms. The van der Waals surface area contributed by atoms with Gasteiger partial charge in [-0.15, -0.1) is 36.2 Å². The van der Waals surface area contributed by atoms with E-state index >= 15 is 0 Å². The van der Waals surface area contributed by atoms with Crippen molar-refractivity contribution in [3.63, 3.8) is 0 Å². The number of thiophene rings is 1. The second-order valence-electron chi connectivity index (χ2n) is 6.94. The number of amides is 1. The molecule has 7 heteroatoms. The molecule has 2 heterocycles. The molecule has 0 bridgehead atoms. The minimum Gasteiger partial charge on any atom is -0.340 e. The highest BCUT2D eigenvalue weighted by Gasteiger charge is 2.29. The first-order chi connectivity index (χ1) is 11.2. The zero-order valence-electron chi connectivity index (χ0n) is 15.0. The Morgan fingerprint density at radius 3 is 2.40 bits per heavy atom. The van der Waals surface area contributed by atoms with Gasteiger partial charge < -0.3 is 10.6 Å².